The molecule has 0 aromatic heterocycles. The number of hydrogen-bond donors (Lipinski definition) is 0. The van der Waals surface area contributed by atoms with Crippen molar-refractivity contribution < 1.29 is 9.47 Å². The van der Waals surface area contributed by atoms with Crippen molar-refractivity contribution in [1.82, 2.24) is 0 Å². The molecule has 1 aliphatic heterocycles. The minimum absolute atomic E-state index is 0.280. The van der Waals surface area contributed by atoms with E-state index < -0.39 is 0 Å². The van der Waals surface area contributed by atoms with Crippen LogP contribution in [0.15, 0.2) is 0 Å². The van der Waals surface area contributed by atoms with Crippen molar-refractivity contribution in [1.29, 1.82) is 0 Å². The molecule has 1 heterocycles. The van der Waals surface area contributed by atoms with Gasteiger partial charge in [0.1, 0.15) is 0 Å². The molecule has 0 spiro atoms. The lowest BCUT2D eigenvalue weighted by atomic mass is 9.99. The van der Waals surface area contributed by atoms with Gasteiger partial charge >= 0.3 is 0 Å². The highest BCUT2D eigenvalue weighted by molar-refractivity contribution is 4.83. The minimum atomic E-state index is -0.280. The van der Waals surface area contributed by atoms with Crippen LogP contribution in [0.4, 0.5) is 0 Å². The molecule has 20 heavy (non-hydrogen) atoms. The van der Waals surface area contributed by atoms with Gasteiger partial charge in [0.2, 0.25) is 0 Å². The SMILES string of the molecule is C#CCCCCC1(CCCCCCCCC)OCCO1. The third-order valence-corrected chi connectivity index (χ3v) is 4.10. The number of hydrogen-bond acceptors (Lipinski definition) is 2. The fourth-order valence-electron chi connectivity index (χ4n) is 2.88. The van der Waals surface area contributed by atoms with E-state index in [0.717, 1.165) is 45.3 Å². The summed E-state index contributed by atoms with van der Waals surface area (Å²) in [5.41, 5.74) is 0. The molecule has 116 valence electrons. The molecule has 0 aromatic carbocycles. The Morgan fingerprint density at radius 3 is 2.00 bits per heavy atom. The van der Waals surface area contributed by atoms with E-state index in [-0.39, 0.29) is 5.79 Å². The van der Waals surface area contributed by atoms with E-state index in [1.54, 1.807) is 0 Å². The molecule has 0 aromatic rings. The third kappa shape index (κ3) is 7.31. The van der Waals surface area contributed by atoms with Crippen molar-refractivity contribution >= 4 is 0 Å². The second-order valence-electron chi connectivity index (χ2n) is 5.89. The number of terminal acetylenes is 1. The fourth-order valence-corrected chi connectivity index (χ4v) is 2.88. The topological polar surface area (TPSA) is 18.5 Å². The molecule has 2 heteroatoms. The van der Waals surface area contributed by atoms with Crippen molar-refractivity contribution in [2.45, 2.75) is 89.8 Å². The second-order valence-corrected chi connectivity index (χ2v) is 5.89. The van der Waals surface area contributed by atoms with Crippen molar-refractivity contribution in [3.8, 4) is 12.3 Å². The van der Waals surface area contributed by atoms with Gasteiger partial charge in [0, 0.05) is 19.3 Å². The van der Waals surface area contributed by atoms with E-state index in [1.165, 1.54) is 44.9 Å². The first-order valence-corrected chi connectivity index (χ1v) is 8.54. The summed E-state index contributed by atoms with van der Waals surface area (Å²) in [6, 6.07) is 0. The molecule has 0 N–H and O–H groups in total. The van der Waals surface area contributed by atoms with Crippen molar-refractivity contribution in [3.63, 3.8) is 0 Å². The largest absolute Gasteiger partial charge is 0.348 e. The van der Waals surface area contributed by atoms with Crippen LogP contribution in [0.2, 0.25) is 0 Å². The first-order chi connectivity index (χ1) is 9.83. The van der Waals surface area contributed by atoms with Gasteiger partial charge in [0.05, 0.1) is 13.2 Å². The van der Waals surface area contributed by atoms with Gasteiger partial charge in [-0.1, -0.05) is 45.4 Å². The molecule has 1 rings (SSSR count). The normalized spacial score (nSPS) is 17.2. The minimum Gasteiger partial charge on any atom is -0.348 e. The monoisotopic (exact) mass is 280 g/mol. The van der Waals surface area contributed by atoms with Crippen LogP contribution in [-0.4, -0.2) is 19.0 Å². The summed E-state index contributed by atoms with van der Waals surface area (Å²) < 4.78 is 11.8. The van der Waals surface area contributed by atoms with E-state index in [1.807, 2.05) is 0 Å². The van der Waals surface area contributed by atoms with Gasteiger partial charge in [-0.15, -0.1) is 12.3 Å². The quantitative estimate of drug-likeness (QED) is 0.367. The average Bonchev–Trinajstić information content (AvgIpc) is 2.92. The van der Waals surface area contributed by atoms with Crippen molar-refractivity contribution in [3.05, 3.63) is 0 Å². The van der Waals surface area contributed by atoms with Crippen LogP contribution in [0.5, 0.6) is 0 Å². The highest BCUT2D eigenvalue weighted by Gasteiger charge is 2.34. The van der Waals surface area contributed by atoms with Gasteiger partial charge in [-0.2, -0.15) is 0 Å². The van der Waals surface area contributed by atoms with Gasteiger partial charge < -0.3 is 9.47 Å². The molecule has 0 radical (unpaired) electrons. The number of ether oxygens (including phenoxy) is 2. The summed E-state index contributed by atoms with van der Waals surface area (Å²) in [6.45, 7) is 3.77. The Morgan fingerprint density at radius 2 is 1.40 bits per heavy atom. The number of unbranched alkanes of at least 4 members (excludes halogenated alkanes) is 8. The molecular formula is C18H32O2. The predicted octanol–water partition coefficient (Wildman–Crippen LogP) is 5.06. The number of rotatable bonds is 12. The molecular weight excluding hydrogens is 248 g/mol. The maximum absolute atomic E-state index is 5.89. The molecule has 0 atom stereocenters. The van der Waals surface area contributed by atoms with Crippen LogP contribution in [0.25, 0.3) is 0 Å². The van der Waals surface area contributed by atoms with E-state index in [9.17, 15) is 0 Å². The Balaban J connectivity index is 2.10. The zero-order chi connectivity index (χ0) is 14.5. The highest BCUT2D eigenvalue weighted by atomic mass is 16.7. The molecule has 0 amide bonds. The molecule has 2 nitrogen and oxygen atoms in total. The fraction of sp³-hybridized carbons (Fsp3) is 0.889. The van der Waals surface area contributed by atoms with Crippen LogP contribution in [0, 0.1) is 12.3 Å². The Morgan fingerprint density at radius 1 is 0.850 bits per heavy atom. The summed E-state index contributed by atoms with van der Waals surface area (Å²) in [5, 5.41) is 0. The predicted molar refractivity (Wildman–Crippen MR) is 84.5 cm³/mol. The summed E-state index contributed by atoms with van der Waals surface area (Å²) in [4.78, 5) is 0. The van der Waals surface area contributed by atoms with E-state index >= 15 is 0 Å². The van der Waals surface area contributed by atoms with E-state index in [2.05, 4.69) is 12.8 Å². The maximum Gasteiger partial charge on any atom is 0.168 e. The molecule has 0 unspecified atom stereocenters. The van der Waals surface area contributed by atoms with Gasteiger partial charge in [-0.05, 0) is 19.3 Å². The van der Waals surface area contributed by atoms with Crippen molar-refractivity contribution in [2.24, 2.45) is 0 Å². The molecule has 0 bridgehead atoms. The van der Waals surface area contributed by atoms with Gasteiger partial charge in [0.15, 0.2) is 5.79 Å². The van der Waals surface area contributed by atoms with Crippen LogP contribution in [0.3, 0.4) is 0 Å². The molecule has 1 saturated heterocycles. The average molecular weight is 280 g/mol. The Kier molecular flexibility index (Phi) is 9.79. The zero-order valence-corrected chi connectivity index (χ0v) is 13.3. The van der Waals surface area contributed by atoms with Crippen molar-refractivity contribution in [2.75, 3.05) is 13.2 Å². The lowest BCUT2D eigenvalue weighted by Gasteiger charge is -2.27. The molecule has 0 saturated carbocycles. The third-order valence-electron chi connectivity index (χ3n) is 4.10. The standard InChI is InChI=1S/C18H32O2/c1-3-5-7-9-10-11-13-15-18(19-16-17-20-18)14-12-8-6-4-2/h2H,3,5-17H2,1H3. The van der Waals surface area contributed by atoms with E-state index in [0.29, 0.717) is 0 Å². The summed E-state index contributed by atoms with van der Waals surface area (Å²) >= 11 is 0. The second kappa shape index (κ2) is 11.2. The van der Waals surface area contributed by atoms with Crippen LogP contribution < -0.4 is 0 Å². The lowest BCUT2D eigenvalue weighted by Crippen LogP contribution is -2.30. The van der Waals surface area contributed by atoms with Crippen LogP contribution in [-0.2, 0) is 9.47 Å². The first-order valence-electron chi connectivity index (χ1n) is 8.54. The van der Waals surface area contributed by atoms with Gasteiger partial charge in [0.25, 0.3) is 0 Å². The zero-order valence-electron chi connectivity index (χ0n) is 13.3. The summed E-state index contributed by atoms with van der Waals surface area (Å²) in [7, 11) is 0. The Hall–Kier alpha value is -0.520. The first kappa shape index (κ1) is 17.5. The van der Waals surface area contributed by atoms with Crippen LogP contribution >= 0.6 is 0 Å². The lowest BCUT2D eigenvalue weighted by molar-refractivity contribution is -0.168. The molecule has 0 aliphatic carbocycles. The van der Waals surface area contributed by atoms with E-state index in [4.69, 9.17) is 15.9 Å². The smallest absolute Gasteiger partial charge is 0.168 e. The molecule has 1 aliphatic rings. The van der Waals surface area contributed by atoms with Gasteiger partial charge in [-0.3, -0.25) is 0 Å². The summed E-state index contributed by atoms with van der Waals surface area (Å²) in [6.07, 6.45) is 19.8. The maximum atomic E-state index is 5.89. The Labute approximate surface area is 125 Å². The molecule has 1 fully saturated rings. The van der Waals surface area contributed by atoms with Crippen LogP contribution in [0.1, 0.15) is 84.0 Å². The highest BCUT2D eigenvalue weighted by Crippen LogP contribution is 2.31. The Bertz CT molecular complexity index is 261. The summed E-state index contributed by atoms with van der Waals surface area (Å²) in [5.74, 6) is 2.42. The van der Waals surface area contributed by atoms with Gasteiger partial charge in [-0.25, -0.2) is 0 Å².